The monoisotopic (exact) mass is 280 g/mol. The van der Waals surface area contributed by atoms with Crippen LogP contribution in [0, 0.1) is 5.92 Å². The maximum Gasteiger partial charge on any atom is 0.317 e. The van der Waals surface area contributed by atoms with Crippen LogP contribution in [0.4, 0.5) is 4.79 Å². The second-order valence-corrected chi connectivity index (χ2v) is 6.10. The third-order valence-electron chi connectivity index (χ3n) is 4.01. The molecule has 3 heterocycles. The van der Waals surface area contributed by atoms with Gasteiger partial charge in [-0.15, -0.1) is 0 Å². The SMILES string of the molecule is O=C(NC[C@@H]1CCOC1)N1CCC[C@@H]1c1ccsc1. The summed E-state index contributed by atoms with van der Waals surface area (Å²) in [6.45, 7) is 3.23. The highest BCUT2D eigenvalue weighted by Crippen LogP contribution is 2.32. The summed E-state index contributed by atoms with van der Waals surface area (Å²) in [4.78, 5) is 14.3. The van der Waals surface area contributed by atoms with Crippen molar-refractivity contribution >= 4 is 17.4 Å². The van der Waals surface area contributed by atoms with Gasteiger partial charge in [-0.25, -0.2) is 4.79 Å². The van der Waals surface area contributed by atoms with E-state index in [9.17, 15) is 4.79 Å². The van der Waals surface area contributed by atoms with Gasteiger partial charge in [-0.05, 0) is 41.7 Å². The second-order valence-electron chi connectivity index (χ2n) is 5.32. The number of carbonyl (C=O) groups is 1. The van der Waals surface area contributed by atoms with E-state index in [2.05, 4.69) is 22.1 Å². The molecule has 1 N–H and O–H groups in total. The largest absolute Gasteiger partial charge is 0.381 e. The van der Waals surface area contributed by atoms with Crippen molar-refractivity contribution in [3.63, 3.8) is 0 Å². The molecule has 5 heteroatoms. The zero-order valence-electron chi connectivity index (χ0n) is 11.0. The van der Waals surface area contributed by atoms with Crippen LogP contribution >= 0.6 is 11.3 Å². The quantitative estimate of drug-likeness (QED) is 0.924. The molecule has 0 saturated carbocycles. The lowest BCUT2D eigenvalue weighted by molar-refractivity contribution is 0.179. The molecule has 0 unspecified atom stereocenters. The number of nitrogens with one attached hydrogen (secondary N) is 1. The van der Waals surface area contributed by atoms with E-state index in [0.29, 0.717) is 5.92 Å². The van der Waals surface area contributed by atoms with E-state index < -0.39 is 0 Å². The Labute approximate surface area is 117 Å². The molecule has 0 spiro atoms. The molecule has 2 aliphatic heterocycles. The van der Waals surface area contributed by atoms with E-state index in [1.165, 1.54) is 5.56 Å². The zero-order chi connectivity index (χ0) is 13.1. The maximum absolute atomic E-state index is 12.3. The molecular formula is C14H20N2O2S. The van der Waals surface area contributed by atoms with Gasteiger partial charge in [0.25, 0.3) is 0 Å². The van der Waals surface area contributed by atoms with Crippen LogP contribution in [0.25, 0.3) is 0 Å². The minimum absolute atomic E-state index is 0.0839. The summed E-state index contributed by atoms with van der Waals surface area (Å²) >= 11 is 1.70. The van der Waals surface area contributed by atoms with Crippen LogP contribution < -0.4 is 5.32 Å². The third-order valence-corrected chi connectivity index (χ3v) is 4.71. The second kappa shape index (κ2) is 5.92. The highest BCUT2D eigenvalue weighted by Gasteiger charge is 2.30. The van der Waals surface area contributed by atoms with Crippen LogP contribution in [0.3, 0.4) is 0 Å². The Morgan fingerprint density at radius 3 is 3.21 bits per heavy atom. The molecular weight excluding hydrogens is 260 g/mol. The number of hydrogen-bond acceptors (Lipinski definition) is 3. The lowest BCUT2D eigenvalue weighted by Gasteiger charge is -2.25. The number of rotatable bonds is 3. The van der Waals surface area contributed by atoms with Crippen molar-refractivity contribution in [1.29, 1.82) is 0 Å². The first kappa shape index (κ1) is 12.9. The molecule has 4 nitrogen and oxygen atoms in total. The molecule has 1 aromatic rings. The smallest absolute Gasteiger partial charge is 0.317 e. The fraction of sp³-hybridized carbons (Fsp3) is 0.643. The molecule has 2 fully saturated rings. The number of nitrogens with zero attached hydrogens (tertiary/aromatic N) is 1. The van der Waals surface area contributed by atoms with Gasteiger partial charge < -0.3 is 15.0 Å². The maximum atomic E-state index is 12.3. The van der Waals surface area contributed by atoms with Crippen LogP contribution in [0.1, 0.15) is 30.9 Å². The molecule has 0 bridgehead atoms. The number of thiophene rings is 1. The Hall–Kier alpha value is -1.07. The number of amides is 2. The summed E-state index contributed by atoms with van der Waals surface area (Å²) in [5.41, 5.74) is 1.28. The molecule has 0 aliphatic carbocycles. The van der Waals surface area contributed by atoms with Gasteiger partial charge in [-0.1, -0.05) is 0 Å². The van der Waals surface area contributed by atoms with Gasteiger partial charge in [0.05, 0.1) is 12.6 Å². The average Bonchev–Trinajstić information content (AvgIpc) is 3.14. The number of ether oxygens (including phenoxy) is 1. The predicted octanol–water partition coefficient (Wildman–Crippen LogP) is 2.63. The summed E-state index contributed by atoms with van der Waals surface area (Å²) in [6, 6.07) is 2.48. The van der Waals surface area contributed by atoms with E-state index >= 15 is 0 Å². The van der Waals surface area contributed by atoms with E-state index in [0.717, 1.165) is 45.6 Å². The van der Waals surface area contributed by atoms with Crippen LogP contribution in [0.2, 0.25) is 0 Å². The van der Waals surface area contributed by atoms with E-state index in [1.807, 2.05) is 4.90 Å². The van der Waals surface area contributed by atoms with Crippen molar-refractivity contribution in [1.82, 2.24) is 10.2 Å². The summed E-state index contributed by atoms with van der Waals surface area (Å²) in [5.74, 6) is 0.492. The summed E-state index contributed by atoms with van der Waals surface area (Å²) in [7, 11) is 0. The van der Waals surface area contributed by atoms with Gasteiger partial charge in [0.15, 0.2) is 0 Å². The summed E-state index contributed by atoms with van der Waals surface area (Å²) in [5, 5.41) is 7.31. The first-order chi connectivity index (χ1) is 9.34. The number of hydrogen-bond donors (Lipinski definition) is 1. The highest BCUT2D eigenvalue weighted by atomic mass is 32.1. The molecule has 19 heavy (non-hydrogen) atoms. The number of urea groups is 1. The first-order valence-electron chi connectivity index (χ1n) is 6.99. The normalized spacial score (nSPS) is 26.8. The Balaban J connectivity index is 1.56. The van der Waals surface area contributed by atoms with Crippen LogP contribution in [-0.4, -0.2) is 37.2 Å². The van der Waals surface area contributed by atoms with E-state index in [-0.39, 0.29) is 12.1 Å². The van der Waals surface area contributed by atoms with Gasteiger partial charge in [0.2, 0.25) is 0 Å². The molecule has 1 aromatic heterocycles. The van der Waals surface area contributed by atoms with Crippen molar-refractivity contribution in [2.75, 3.05) is 26.3 Å². The minimum atomic E-state index is 0.0839. The van der Waals surface area contributed by atoms with Crippen molar-refractivity contribution in [2.45, 2.75) is 25.3 Å². The molecule has 2 atom stereocenters. The Morgan fingerprint density at radius 2 is 2.47 bits per heavy atom. The van der Waals surface area contributed by atoms with Gasteiger partial charge in [0.1, 0.15) is 0 Å². The van der Waals surface area contributed by atoms with Crippen LogP contribution in [0.5, 0.6) is 0 Å². The molecule has 2 amide bonds. The molecule has 3 rings (SSSR count). The topological polar surface area (TPSA) is 41.6 Å². The van der Waals surface area contributed by atoms with Crippen LogP contribution in [-0.2, 0) is 4.74 Å². The van der Waals surface area contributed by atoms with Crippen molar-refractivity contribution in [2.24, 2.45) is 5.92 Å². The summed E-state index contributed by atoms with van der Waals surface area (Å²) < 4.78 is 5.33. The Bertz CT molecular complexity index is 415. The number of likely N-dealkylation sites (tertiary alicyclic amines) is 1. The van der Waals surface area contributed by atoms with Crippen molar-refractivity contribution < 1.29 is 9.53 Å². The average molecular weight is 280 g/mol. The lowest BCUT2D eigenvalue weighted by atomic mass is 10.1. The van der Waals surface area contributed by atoms with Gasteiger partial charge in [-0.2, -0.15) is 11.3 Å². The predicted molar refractivity (Wildman–Crippen MR) is 75.3 cm³/mol. The van der Waals surface area contributed by atoms with Crippen molar-refractivity contribution in [3.05, 3.63) is 22.4 Å². The third kappa shape index (κ3) is 2.92. The lowest BCUT2D eigenvalue weighted by Crippen LogP contribution is -2.41. The number of carbonyl (C=O) groups excluding carboxylic acids is 1. The molecule has 104 valence electrons. The zero-order valence-corrected chi connectivity index (χ0v) is 11.8. The first-order valence-corrected chi connectivity index (χ1v) is 7.93. The fourth-order valence-corrected chi connectivity index (χ4v) is 3.61. The van der Waals surface area contributed by atoms with Gasteiger partial charge in [-0.3, -0.25) is 0 Å². The Kier molecular flexibility index (Phi) is 4.03. The fourth-order valence-electron chi connectivity index (χ4n) is 2.90. The highest BCUT2D eigenvalue weighted by molar-refractivity contribution is 7.07. The van der Waals surface area contributed by atoms with Crippen LogP contribution in [0.15, 0.2) is 16.8 Å². The van der Waals surface area contributed by atoms with E-state index in [1.54, 1.807) is 11.3 Å². The summed E-state index contributed by atoms with van der Waals surface area (Å²) in [6.07, 6.45) is 3.24. The van der Waals surface area contributed by atoms with E-state index in [4.69, 9.17) is 4.74 Å². The van der Waals surface area contributed by atoms with Gasteiger partial charge in [0, 0.05) is 25.6 Å². The van der Waals surface area contributed by atoms with Gasteiger partial charge >= 0.3 is 6.03 Å². The standard InChI is InChI=1S/C14H20N2O2S/c17-14(15-8-11-3-6-18-9-11)16-5-1-2-13(16)12-4-7-19-10-12/h4,7,10-11,13H,1-3,5-6,8-9H2,(H,15,17)/t11-,13+/m0/s1. The molecule has 0 aromatic carbocycles. The molecule has 2 aliphatic rings. The Morgan fingerprint density at radius 1 is 1.53 bits per heavy atom. The minimum Gasteiger partial charge on any atom is -0.381 e. The molecule has 0 radical (unpaired) electrons. The van der Waals surface area contributed by atoms with Crippen molar-refractivity contribution in [3.8, 4) is 0 Å². The molecule has 2 saturated heterocycles.